The summed E-state index contributed by atoms with van der Waals surface area (Å²) < 4.78 is 16.4. The van der Waals surface area contributed by atoms with Gasteiger partial charge >= 0.3 is 0 Å². The number of ether oxygens (including phenoxy) is 2. The third-order valence-electron chi connectivity index (χ3n) is 4.67. The molecule has 0 aliphatic heterocycles. The second-order valence-corrected chi connectivity index (χ2v) is 7.34. The van der Waals surface area contributed by atoms with Crippen molar-refractivity contribution in [2.45, 2.75) is 12.8 Å². The topological polar surface area (TPSA) is 86.7 Å². The predicted octanol–water partition coefficient (Wildman–Crippen LogP) is 4.29. The van der Waals surface area contributed by atoms with E-state index in [1.807, 2.05) is 17.5 Å². The Kier molecular flexibility index (Phi) is 4.83. The maximum Gasteiger partial charge on any atom is 0.291 e. The average Bonchev–Trinajstić information content (AvgIpc) is 3.38. The van der Waals surface area contributed by atoms with Gasteiger partial charge in [0.15, 0.2) is 5.76 Å². The molecule has 3 aromatic rings. The number of nitrogens with two attached hydrogens (primary N) is 1. The van der Waals surface area contributed by atoms with Gasteiger partial charge in [-0.25, -0.2) is 0 Å². The fourth-order valence-electron chi connectivity index (χ4n) is 3.18. The molecule has 0 atom stereocenters. The summed E-state index contributed by atoms with van der Waals surface area (Å²) in [5.74, 6) is 0.985. The monoisotopic (exact) mass is 396 g/mol. The Balaban J connectivity index is 1.63. The first-order valence-corrected chi connectivity index (χ1v) is 9.67. The Morgan fingerprint density at radius 1 is 1.21 bits per heavy atom. The van der Waals surface area contributed by atoms with E-state index in [2.05, 4.69) is 11.4 Å². The van der Waals surface area contributed by atoms with E-state index in [-0.39, 0.29) is 11.7 Å². The summed E-state index contributed by atoms with van der Waals surface area (Å²) >= 11 is 1.67. The summed E-state index contributed by atoms with van der Waals surface area (Å²) in [6.07, 6.45) is 3.49. The molecule has 1 aromatic carbocycles. The molecule has 1 aliphatic rings. The molecule has 0 radical (unpaired) electrons. The Morgan fingerprint density at radius 3 is 2.79 bits per heavy atom. The number of hydrogen-bond donors (Lipinski definition) is 2. The van der Waals surface area contributed by atoms with E-state index < -0.39 is 0 Å². The quantitative estimate of drug-likeness (QED) is 0.672. The van der Waals surface area contributed by atoms with E-state index in [1.54, 1.807) is 43.8 Å². The van der Waals surface area contributed by atoms with Crippen molar-refractivity contribution >= 4 is 33.8 Å². The third kappa shape index (κ3) is 3.36. The van der Waals surface area contributed by atoms with Crippen LogP contribution in [0.1, 0.15) is 28.3 Å². The summed E-state index contributed by atoms with van der Waals surface area (Å²) in [5.41, 5.74) is 9.09. The zero-order chi connectivity index (χ0) is 19.7. The van der Waals surface area contributed by atoms with Gasteiger partial charge in [0.2, 0.25) is 0 Å². The lowest BCUT2D eigenvalue weighted by Crippen LogP contribution is -2.26. The molecule has 1 aliphatic carbocycles. The normalized spacial score (nSPS) is 14.1. The largest absolute Gasteiger partial charge is 0.496 e. The van der Waals surface area contributed by atoms with Gasteiger partial charge in [0.1, 0.15) is 17.1 Å². The number of methoxy groups -OCH3 is 2. The Labute approximate surface area is 166 Å². The SMILES string of the molecule is COc1cc(OC)c2cc(C(=O)NC3=C(N)CCC(c4cccs4)=C3)oc2c1. The average molecular weight is 396 g/mol. The van der Waals surface area contributed by atoms with Crippen LogP contribution in [0.5, 0.6) is 11.5 Å². The van der Waals surface area contributed by atoms with Crippen LogP contribution in [0.4, 0.5) is 0 Å². The van der Waals surface area contributed by atoms with Crippen LogP contribution in [-0.2, 0) is 0 Å². The molecule has 28 heavy (non-hydrogen) atoms. The third-order valence-corrected chi connectivity index (χ3v) is 5.61. The number of carbonyl (C=O) groups is 1. The standard InChI is InChI=1S/C21H20N2O4S/c1-25-13-9-17(26-2)14-11-19(27-18(14)10-13)21(24)23-16-8-12(5-6-15(16)22)20-4-3-7-28-20/h3-4,7-11H,5-6,22H2,1-2H3,(H,23,24). The Morgan fingerprint density at radius 2 is 2.07 bits per heavy atom. The molecule has 7 heteroatoms. The van der Waals surface area contributed by atoms with Crippen LogP contribution in [0.2, 0.25) is 0 Å². The van der Waals surface area contributed by atoms with Gasteiger partial charge in [-0.05, 0) is 35.9 Å². The minimum Gasteiger partial charge on any atom is -0.496 e. The molecule has 4 rings (SSSR count). The molecular formula is C21H20N2O4S. The van der Waals surface area contributed by atoms with Gasteiger partial charge in [-0.15, -0.1) is 11.3 Å². The fraction of sp³-hybridized carbons (Fsp3) is 0.190. The second kappa shape index (κ2) is 7.44. The van der Waals surface area contributed by atoms with Crippen LogP contribution in [0.15, 0.2) is 57.6 Å². The maximum atomic E-state index is 12.8. The summed E-state index contributed by atoms with van der Waals surface area (Å²) in [6, 6.07) is 9.20. The van der Waals surface area contributed by atoms with Crippen molar-refractivity contribution in [3.63, 3.8) is 0 Å². The first-order valence-electron chi connectivity index (χ1n) is 8.79. The first kappa shape index (κ1) is 18.2. The zero-order valence-electron chi connectivity index (χ0n) is 15.6. The van der Waals surface area contributed by atoms with Crippen molar-refractivity contribution in [1.82, 2.24) is 5.32 Å². The predicted molar refractivity (Wildman–Crippen MR) is 110 cm³/mol. The first-order chi connectivity index (χ1) is 13.6. The number of fused-ring (bicyclic) bond motifs is 1. The van der Waals surface area contributed by atoms with Gasteiger partial charge in [-0.3, -0.25) is 4.79 Å². The van der Waals surface area contributed by atoms with Gasteiger partial charge in [0, 0.05) is 28.8 Å². The molecule has 0 saturated carbocycles. The molecule has 0 spiro atoms. The molecular weight excluding hydrogens is 376 g/mol. The summed E-state index contributed by atoms with van der Waals surface area (Å²) in [4.78, 5) is 14.0. The van der Waals surface area contributed by atoms with E-state index in [9.17, 15) is 4.79 Å². The maximum absolute atomic E-state index is 12.8. The van der Waals surface area contributed by atoms with Crippen LogP contribution in [0.25, 0.3) is 16.5 Å². The van der Waals surface area contributed by atoms with Crippen LogP contribution >= 0.6 is 11.3 Å². The summed E-state index contributed by atoms with van der Waals surface area (Å²) in [6.45, 7) is 0. The van der Waals surface area contributed by atoms with E-state index in [1.165, 1.54) is 4.88 Å². The summed E-state index contributed by atoms with van der Waals surface area (Å²) in [7, 11) is 3.12. The van der Waals surface area contributed by atoms with Gasteiger partial charge in [-0.2, -0.15) is 0 Å². The second-order valence-electron chi connectivity index (χ2n) is 6.39. The Bertz CT molecular complexity index is 1090. The zero-order valence-corrected chi connectivity index (χ0v) is 16.4. The number of carbonyl (C=O) groups excluding carboxylic acids is 1. The van der Waals surface area contributed by atoms with Gasteiger partial charge in [0.25, 0.3) is 5.91 Å². The smallest absolute Gasteiger partial charge is 0.291 e. The highest BCUT2D eigenvalue weighted by atomic mass is 32.1. The van der Waals surface area contributed by atoms with E-state index >= 15 is 0 Å². The number of rotatable bonds is 5. The fourth-order valence-corrected chi connectivity index (χ4v) is 3.95. The van der Waals surface area contributed by atoms with Crippen LogP contribution in [0, 0.1) is 0 Å². The molecule has 2 heterocycles. The highest BCUT2D eigenvalue weighted by Crippen LogP contribution is 2.34. The molecule has 0 fully saturated rings. The van der Waals surface area contributed by atoms with Crippen LogP contribution in [0.3, 0.4) is 0 Å². The van der Waals surface area contributed by atoms with Gasteiger partial charge < -0.3 is 24.9 Å². The van der Waals surface area contributed by atoms with Crippen molar-refractivity contribution < 1.29 is 18.7 Å². The highest BCUT2D eigenvalue weighted by Gasteiger charge is 2.20. The molecule has 0 unspecified atom stereocenters. The molecule has 1 amide bonds. The molecule has 0 saturated heterocycles. The lowest BCUT2D eigenvalue weighted by Gasteiger charge is -2.17. The van der Waals surface area contributed by atoms with Crippen molar-refractivity contribution in [2.24, 2.45) is 5.73 Å². The highest BCUT2D eigenvalue weighted by molar-refractivity contribution is 7.11. The number of hydrogen-bond acceptors (Lipinski definition) is 6. The van der Waals surface area contributed by atoms with Gasteiger partial charge in [-0.1, -0.05) is 6.07 Å². The molecule has 3 N–H and O–H groups in total. The molecule has 6 nitrogen and oxygen atoms in total. The molecule has 0 bridgehead atoms. The van der Waals surface area contributed by atoms with E-state index in [0.29, 0.717) is 40.3 Å². The number of nitrogens with one attached hydrogen (secondary N) is 1. The minimum atomic E-state index is -0.362. The van der Waals surface area contributed by atoms with E-state index in [0.717, 1.165) is 12.0 Å². The lowest BCUT2D eigenvalue weighted by molar-refractivity contribution is 0.0941. The minimum absolute atomic E-state index is 0.179. The number of amides is 1. The number of thiophene rings is 1. The number of furan rings is 1. The van der Waals surface area contributed by atoms with Crippen molar-refractivity contribution in [3.8, 4) is 11.5 Å². The van der Waals surface area contributed by atoms with E-state index in [4.69, 9.17) is 19.6 Å². The lowest BCUT2D eigenvalue weighted by atomic mass is 9.99. The van der Waals surface area contributed by atoms with Crippen LogP contribution < -0.4 is 20.5 Å². The van der Waals surface area contributed by atoms with Crippen molar-refractivity contribution in [1.29, 1.82) is 0 Å². The molecule has 144 valence electrons. The molecule has 2 aromatic heterocycles. The van der Waals surface area contributed by atoms with Crippen LogP contribution in [-0.4, -0.2) is 20.1 Å². The number of allylic oxidation sites excluding steroid dienone is 3. The van der Waals surface area contributed by atoms with Crippen molar-refractivity contribution in [3.05, 3.63) is 63.8 Å². The Hall–Kier alpha value is -3.19. The number of benzene rings is 1. The van der Waals surface area contributed by atoms with Crippen molar-refractivity contribution in [2.75, 3.05) is 14.2 Å². The van der Waals surface area contributed by atoms with Gasteiger partial charge in [0.05, 0.1) is 25.3 Å². The summed E-state index contributed by atoms with van der Waals surface area (Å²) in [5, 5.41) is 5.62.